The molecule has 0 aliphatic carbocycles. The van der Waals surface area contributed by atoms with E-state index in [1.54, 1.807) is 18.1 Å². The van der Waals surface area contributed by atoms with Gasteiger partial charge in [-0.25, -0.2) is 9.50 Å². The third-order valence-corrected chi connectivity index (χ3v) is 8.84. The van der Waals surface area contributed by atoms with Crippen LogP contribution in [0.15, 0.2) is 23.5 Å². The Morgan fingerprint density at radius 1 is 1.09 bits per heavy atom. The van der Waals surface area contributed by atoms with E-state index in [1.165, 1.54) is 38.8 Å². The maximum atomic E-state index is 6.77. The van der Waals surface area contributed by atoms with E-state index in [1.807, 2.05) is 24.6 Å². The minimum absolute atomic E-state index is 0.0242. The summed E-state index contributed by atoms with van der Waals surface area (Å²) in [6.45, 7) is 8.42. The Labute approximate surface area is 199 Å². The molecule has 33 heavy (non-hydrogen) atoms. The highest BCUT2D eigenvalue weighted by molar-refractivity contribution is 7.98. The van der Waals surface area contributed by atoms with Crippen LogP contribution in [0.2, 0.25) is 0 Å². The summed E-state index contributed by atoms with van der Waals surface area (Å²) in [6, 6.07) is 4.19. The molecule has 0 bridgehead atoms. The van der Waals surface area contributed by atoms with Gasteiger partial charge in [0.05, 0.1) is 11.2 Å². The van der Waals surface area contributed by atoms with Gasteiger partial charge in [0.15, 0.2) is 5.79 Å². The number of aromatic nitrogens is 3. The van der Waals surface area contributed by atoms with Gasteiger partial charge in [-0.1, -0.05) is 0 Å². The van der Waals surface area contributed by atoms with E-state index in [0.717, 1.165) is 29.3 Å². The van der Waals surface area contributed by atoms with Crippen LogP contribution in [0.25, 0.3) is 5.52 Å². The maximum Gasteiger partial charge on any atom is 0.164 e. The van der Waals surface area contributed by atoms with Gasteiger partial charge in [0, 0.05) is 12.1 Å². The molecule has 6 rings (SSSR count). The number of hydrogen-bond acceptors (Lipinski definition) is 8. The molecule has 0 N–H and O–H groups in total. The summed E-state index contributed by atoms with van der Waals surface area (Å²) in [6.07, 6.45) is 8.25. The molecule has 0 saturated carbocycles. The Bertz CT molecular complexity index is 1020. The van der Waals surface area contributed by atoms with E-state index in [9.17, 15) is 0 Å². The van der Waals surface area contributed by atoms with Crippen molar-refractivity contribution in [2.24, 2.45) is 0 Å². The van der Waals surface area contributed by atoms with Crippen molar-refractivity contribution in [2.75, 3.05) is 39.5 Å². The van der Waals surface area contributed by atoms with Gasteiger partial charge >= 0.3 is 0 Å². The normalized spacial score (nSPS) is 33.9. The largest absolute Gasteiger partial charge is 0.362 e. The predicted molar refractivity (Wildman–Crippen MR) is 126 cm³/mol. The molecule has 4 aliphatic rings. The molecule has 1 spiro atoms. The van der Waals surface area contributed by atoms with Gasteiger partial charge in [0.25, 0.3) is 0 Å². The van der Waals surface area contributed by atoms with Crippen molar-refractivity contribution in [3.05, 3.63) is 24.2 Å². The van der Waals surface area contributed by atoms with Crippen molar-refractivity contribution in [3.8, 4) is 0 Å². The number of rotatable bonds is 4. The van der Waals surface area contributed by atoms with Crippen LogP contribution in [0.5, 0.6) is 0 Å². The van der Waals surface area contributed by atoms with E-state index >= 15 is 0 Å². The van der Waals surface area contributed by atoms with Crippen LogP contribution >= 0.6 is 11.8 Å². The number of thioether (sulfide) groups is 1. The third kappa shape index (κ3) is 3.72. The van der Waals surface area contributed by atoms with Gasteiger partial charge in [-0.05, 0) is 84.6 Å². The minimum atomic E-state index is -0.613. The molecule has 180 valence electrons. The first-order valence-electron chi connectivity index (χ1n) is 12.2. The van der Waals surface area contributed by atoms with Crippen LogP contribution in [-0.4, -0.2) is 93.5 Å². The standard InChI is InChI=1S/C24H35N5O3S/c1-23(2)31-20-18(14-28-11-5-8-24(28)9-12-27(3)13-10-24)30-19(21(20)32-23)16-6-7-17-22(33-4)25-15-26-29(16)17/h6-7,15,18-21H,5,8-14H2,1-4H3/t18-,19+,20-,21+/m1/s1. The van der Waals surface area contributed by atoms with Crippen molar-refractivity contribution >= 4 is 17.3 Å². The zero-order valence-corrected chi connectivity index (χ0v) is 20.9. The molecule has 0 unspecified atom stereocenters. The SMILES string of the molecule is CSc1ncnn2c([C@@H]3O[C@H](CN4CCCC45CCN(C)CC5)[C@H]4OC(C)(C)O[C@H]43)ccc12. The maximum absolute atomic E-state index is 6.77. The lowest BCUT2D eigenvalue weighted by molar-refractivity contribution is -0.191. The van der Waals surface area contributed by atoms with Gasteiger partial charge in [-0.3, -0.25) is 4.90 Å². The molecule has 0 amide bonds. The number of piperidine rings is 1. The highest BCUT2D eigenvalue weighted by Crippen LogP contribution is 2.47. The van der Waals surface area contributed by atoms with E-state index in [4.69, 9.17) is 14.2 Å². The number of fused-ring (bicyclic) bond motifs is 2. The summed E-state index contributed by atoms with van der Waals surface area (Å²) < 4.78 is 21.6. The first-order chi connectivity index (χ1) is 15.9. The first-order valence-corrected chi connectivity index (χ1v) is 13.4. The Morgan fingerprint density at radius 2 is 1.88 bits per heavy atom. The Morgan fingerprint density at radius 3 is 2.67 bits per heavy atom. The van der Waals surface area contributed by atoms with Crippen LogP contribution in [0.4, 0.5) is 0 Å². The van der Waals surface area contributed by atoms with E-state index in [-0.39, 0.29) is 24.4 Å². The number of ether oxygens (including phenoxy) is 3. The van der Waals surface area contributed by atoms with Crippen molar-refractivity contribution in [1.29, 1.82) is 0 Å². The summed E-state index contributed by atoms with van der Waals surface area (Å²) in [5, 5.41) is 5.51. The summed E-state index contributed by atoms with van der Waals surface area (Å²) in [5.74, 6) is -0.613. The molecule has 4 atom stereocenters. The molecule has 2 aromatic heterocycles. The number of hydrogen-bond donors (Lipinski definition) is 0. The average molecular weight is 474 g/mol. The van der Waals surface area contributed by atoms with Gasteiger partial charge in [-0.15, -0.1) is 11.8 Å². The Balaban J connectivity index is 1.29. The Kier molecular flexibility index (Phi) is 5.51. The van der Waals surface area contributed by atoms with Crippen molar-refractivity contribution < 1.29 is 14.2 Å². The summed E-state index contributed by atoms with van der Waals surface area (Å²) in [7, 11) is 2.24. The summed E-state index contributed by atoms with van der Waals surface area (Å²) in [5.41, 5.74) is 2.34. The zero-order valence-electron chi connectivity index (χ0n) is 20.1. The molecule has 2 aromatic rings. The molecule has 4 fully saturated rings. The summed E-state index contributed by atoms with van der Waals surface area (Å²) >= 11 is 1.63. The van der Waals surface area contributed by atoms with Gasteiger partial charge in [0.1, 0.15) is 35.8 Å². The molecule has 0 aromatic carbocycles. The van der Waals surface area contributed by atoms with E-state index in [2.05, 4.69) is 39.1 Å². The lowest BCUT2D eigenvalue weighted by atomic mass is 9.85. The molecule has 4 aliphatic heterocycles. The van der Waals surface area contributed by atoms with E-state index in [0.29, 0.717) is 5.54 Å². The van der Waals surface area contributed by atoms with Crippen LogP contribution in [0, 0.1) is 0 Å². The van der Waals surface area contributed by atoms with Gasteiger partial charge in [0.2, 0.25) is 0 Å². The number of nitrogens with zero attached hydrogens (tertiary/aromatic N) is 5. The molecular formula is C24H35N5O3S. The monoisotopic (exact) mass is 473 g/mol. The minimum Gasteiger partial charge on any atom is -0.362 e. The lowest BCUT2D eigenvalue weighted by Crippen LogP contribution is -2.54. The van der Waals surface area contributed by atoms with Crippen molar-refractivity contribution in [3.63, 3.8) is 0 Å². The molecule has 0 radical (unpaired) electrons. The molecular weight excluding hydrogens is 438 g/mol. The van der Waals surface area contributed by atoms with Crippen LogP contribution < -0.4 is 0 Å². The van der Waals surface area contributed by atoms with Crippen molar-refractivity contribution in [1.82, 2.24) is 24.4 Å². The predicted octanol–water partition coefficient (Wildman–Crippen LogP) is 2.97. The fraction of sp³-hybridized carbons (Fsp3) is 0.750. The second-order valence-corrected chi connectivity index (χ2v) is 11.4. The van der Waals surface area contributed by atoms with Crippen LogP contribution in [-0.2, 0) is 14.2 Å². The molecule has 4 saturated heterocycles. The quantitative estimate of drug-likeness (QED) is 0.628. The lowest BCUT2D eigenvalue weighted by Gasteiger charge is -2.45. The van der Waals surface area contributed by atoms with E-state index < -0.39 is 5.79 Å². The van der Waals surface area contributed by atoms with Crippen molar-refractivity contribution in [2.45, 2.75) is 80.3 Å². The van der Waals surface area contributed by atoms with Gasteiger partial charge in [-0.2, -0.15) is 5.10 Å². The zero-order chi connectivity index (χ0) is 22.8. The molecule has 9 heteroatoms. The highest BCUT2D eigenvalue weighted by atomic mass is 32.2. The second-order valence-electron chi connectivity index (χ2n) is 10.6. The van der Waals surface area contributed by atoms with Crippen LogP contribution in [0.3, 0.4) is 0 Å². The molecule has 8 nitrogen and oxygen atoms in total. The van der Waals surface area contributed by atoms with Gasteiger partial charge < -0.3 is 19.1 Å². The Hall–Kier alpha value is -1.23. The first kappa shape index (κ1) is 22.2. The number of likely N-dealkylation sites (tertiary alicyclic amines) is 2. The highest BCUT2D eigenvalue weighted by Gasteiger charge is 2.57. The molecule has 6 heterocycles. The third-order valence-electron chi connectivity index (χ3n) is 8.14. The smallest absolute Gasteiger partial charge is 0.164 e. The fourth-order valence-corrected chi connectivity index (χ4v) is 6.98. The van der Waals surface area contributed by atoms with Crippen LogP contribution in [0.1, 0.15) is 51.3 Å². The second kappa shape index (κ2) is 8.17. The fourth-order valence-electron chi connectivity index (χ4n) is 6.47. The topological polar surface area (TPSA) is 64.4 Å². The summed E-state index contributed by atoms with van der Waals surface area (Å²) in [4.78, 5) is 9.58. The average Bonchev–Trinajstić information content (AvgIpc) is 3.53.